The van der Waals surface area contributed by atoms with E-state index in [1.54, 1.807) is 11.3 Å². The molecule has 0 bridgehead atoms. The number of morpholine rings is 1. The Kier molecular flexibility index (Phi) is 5.92. The molecule has 0 spiro atoms. The third-order valence-corrected chi connectivity index (χ3v) is 6.37. The molecule has 1 aliphatic heterocycles. The summed E-state index contributed by atoms with van der Waals surface area (Å²) in [5.41, 5.74) is 2.99. The van der Waals surface area contributed by atoms with Gasteiger partial charge in [-0.15, -0.1) is 11.3 Å². The van der Waals surface area contributed by atoms with Crippen molar-refractivity contribution in [3.05, 3.63) is 57.5 Å². The van der Waals surface area contributed by atoms with Crippen LogP contribution in [0.3, 0.4) is 0 Å². The highest BCUT2D eigenvalue weighted by Crippen LogP contribution is 2.33. The number of rotatable bonds is 6. The second kappa shape index (κ2) is 8.56. The Morgan fingerprint density at radius 3 is 2.74 bits per heavy atom. The van der Waals surface area contributed by atoms with E-state index in [0.717, 1.165) is 52.5 Å². The van der Waals surface area contributed by atoms with E-state index in [4.69, 9.17) is 4.74 Å². The van der Waals surface area contributed by atoms with E-state index >= 15 is 0 Å². The van der Waals surface area contributed by atoms with Crippen molar-refractivity contribution in [1.29, 1.82) is 0 Å². The van der Waals surface area contributed by atoms with Crippen LogP contribution >= 0.6 is 27.3 Å². The number of nitrogens with zero attached hydrogens (tertiary/aromatic N) is 2. The summed E-state index contributed by atoms with van der Waals surface area (Å²) in [6, 6.07) is 14.3. The molecule has 27 heavy (non-hydrogen) atoms. The fraction of sp³-hybridized carbons (Fsp3) is 0.350. The maximum atomic E-state index is 12.9. The maximum Gasteiger partial charge on any atom is 0.268 e. The van der Waals surface area contributed by atoms with E-state index in [0.29, 0.717) is 13.1 Å². The van der Waals surface area contributed by atoms with Gasteiger partial charge in [-0.1, -0.05) is 30.3 Å². The lowest BCUT2D eigenvalue weighted by atomic mass is 10.2. The summed E-state index contributed by atoms with van der Waals surface area (Å²) in [5.74, 6) is -0.0151. The van der Waals surface area contributed by atoms with Gasteiger partial charge in [-0.2, -0.15) is 0 Å². The van der Waals surface area contributed by atoms with E-state index in [-0.39, 0.29) is 5.91 Å². The van der Waals surface area contributed by atoms with Crippen LogP contribution in [0.1, 0.15) is 16.1 Å². The van der Waals surface area contributed by atoms with Gasteiger partial charge in [0.2, 0.25) is 0 Å². The summed E-state index contributed by atoms with van der Waals surface area (Å²) in [7, 11) is 0. The molecule has 1 N–H and O–H groups in total. The first-order chi connectivity index (χ1) is 13.2. The molecule has 1 fully saturated rings. The van der Waals surface area contributed by atoms with Gasteiger partial charge >= 0.3 is 0 Å². The first-order valence-corrected chi connectivity index (χ1v) is 10.7. The zero-order valence-electron chi connectivity index (χ0n) is 15.0. The number of fused-ring (bicyclic) bond motifs is 1. The fourth-order valence-corrected chi connectivity index (χ4v) is 4.94. The lowest BCUT2D eigenvalue weighted by molar-refractivity contribution is 0.0383. The average molecular weight is 448 g/mol. The molecule has 0 unspecified atom stereocenters. The molecule has 142 valence electrons. The number of nitrogens with one attached hydrogen (secondary N) is 1. The normalized spacial score (nSPS) is 15.3. The van der Waals surface area contributed by atoms with Gasteiger partial charge in [-0.25, -0.2) is 0 Å². The van der Waals surface area contributed by atoms with E-state index < -0.39 is 0 Å². The number of carbonyl (C=O) groups excluding carboxylic acids is 1. The number of aromatic nitrogens is 1. The molecule has 0 radical (unpaired) electrons. The third-order valence-electron chi connectivity index (χ3n) is 4.79. The molecular formula is C20H22BrN3O2S. The van der Waals surface area contributed by atoms with Gasteiger partial charge in [0.05, 0.1) is 27.2 Å². The van der Waals surface area contributed by atoms with E-state index in [9.17, 15) is 4.79 Å². The van der Waals surface area contributed by atoms with Crippen molar-refractivity contribution in [2.45, 2.75) is 6.54 Å². The summed E-state index contributed by atoms with van der Waals surface area (Å²) in [6.45, 7) is 5.60. The predicted octanol–water partition coefficient (Wildman–Crippen LogP) is 3.58. The number of hydrogen-bond donors (Lipinski definition) is 1. The number of hydrogen-bond acceptors (Lipinski definition) is 4. The first kappa shape index (κ1) is 18.7. The zero-order chi connectivity index (χ0) is 18.6. The topological polar surface area (TPSA) is 46.5 Å². The van der Waals surface area contributed by atoms with Gasteiger partial charge in [0.25, 0.3) is 5.91 Å². The smallest absolute Gasteiger partial charge is 0.268 e. The fourth-order valence-electron chi connectivity index (χ4n) is 3.38. The van der Waals surface area contributed by atoms with Crippen LogP contribution in [-0.4, -0.2) is 54.8 Å². The molecule has 1 aromatic carbocycles. The molecular weight excluding hydrogens is 426 g/mol. The molecule has 3 aromatic rings. The number of amides is 1. The molecule has 1 amide bonds. The molecule has 0 atom stereocenters. The monoisotopic (exact) mass is 447 g/mol. The molecule has 1 saturated heterocycles. The lowest BCUT2D eigenvalue weighted by Crippen LogP contribution is -2.41. The van der Waals surface area contributed by atoms with E-state index in [1.165, 1.54) is 5.56 Å². The van der Waals surface area contributed by atoms with Crippen molar-refractivity contribution in [1.82, 2.24) is 14.8 Å². The first-order valence-electron chi connectivity index (χ1n) is 9.11. The number of halogens is 1. The van der Waals surface area contributed by atoms with Crippen molar-refractivity contribution in [2.75, 3.05) is 39.4 Å². The third kappa shape index (κ3) is 4.43. The molecule has 0 saturated carbocycles. The second-order valence-corrected chi connectivity index (χ2v) is 9.07. The molecule has 7 heteroatoms. The van der Waals surface area contributed by atoms with Crippen molar-refractivity contribution >= 4 is 43.4 Å². The standard InChI is InChI=1S/C20H22BrN3O2S/c21-19-13-16-18(27-19)12-17(24(16)14-15-4-2-1-3-5-15)20(25)22-6-7-23-8-10-26-11-9-23/h1-5,12-13H,6-11,14H2,(H,22,25). The lowest BCUT2D eigenvalue weighted by Gasteiger charge is -2.26. The number of benzene rings is 1. The predicted molar refractivity (Wildman–Crippen MR) is 113 cm³/mol. The van der Waals surface area contributed by atoms with Crippen molar-refractivity contribution < 1.29 is 9.53 Å². The number of ether oxygens (including phenoxy) is 1. The summed E-state index contributed by atoms with van der Waals surface area (Å²) >= 11 is 5.22. The highest BCUT2D eigenvalue weighted by molar-refractivity contribution is 9.11. The molecule has 0 aliphatic carbocycles. The van der Waals surface area contributed by atoms with Crippen LogP contribution in [0.2, 0.25) is 0 Å². The highest BCUT2D eigenvalue weighted by Gasteiger charge is 2.18. The Bertz CT molecular complexity index is 916. The quantitative estimate of drug-likeness (QED) is 0.627. The van der Waals surface area contributed by atoms with Crippen LogP contribution in [0.25, 0.3) is 10.2 Å². The molecule has 1 aliphatic rings. The highest BCUT2D eigenvalue weighted by atomic mass is 79.9. The molecule has 5 nitrogen and oxygen atoms in total. The van der Waals surface area contributed by atoms with Gasteiger partial charge in [-0.05, 0) is 33.6 Å². The SMILES string of the molecule is O=C(NCCN1CCOCC1)c1cc2sc(Br)cc2n1Cc1ccccc1. The Morgan fingerprint density at radius 1 is 1.19 bits per heavy atom. The van der Waals surface area contributed by atoms with Crippen molar-refractivity contribution in [3.8, 4) is 0 Å². The van der Waals surface area contributed by atoms with Crippen LogP contribution in [0.4, 0.5) is 0 Å². The summed E-state index contributed by atoms with van der Waals surface area (Å²) in [5, 5.41) is 3.09. The Balaban J connectivity index is 1.50. The molecule has 4 rings (SSSR count). The second-order valence-electron chi connectivity index (χ2n) is 6.61. The average Bonchev–Trinajstić information content (AvgIpc) is 3.20. The van der Waals surface area contributed by atoms with Gasteiger partial charge in [0, 0.05) is 32.7 Å². The Morgan fingerprint density at radius 2 is 1.96 bits per heavy atom. The van der Waals surface area contributed by atoms with Gasteiger partial charge in [0.1, 0.15) is 5.69 Å². The maximum absolute atomic E-state index is 12.9. The van der Waals surface area contributed by atoms with Crippen LogP contribution in [0.5, 0.6) is 0 Å². The molecule has 3 heterocycles. The molecule has 2 aromatic heterocycles. The van der Waals surface area contributed by atoms with Gasteiger partial charge in [0.15, 0.2) is 0 Å². The van der Waals surface area contributed by atoms with Crippen LogP contribution in [0, 0.1) is 0 Å². The minimum atomic E-state index is -0.0151. The largest absolute Gasteiger partial charge is 0.379 e. The Hall–Kier alpha value is -1.67. The van der Waals surface area contributed by atoms with E-state index in [2.05, 4.69) is 48.9 Å². The van der Waals surface area contributed by atoms with Crippen molar-refractivity contribution in [3.63, 3.8) is 0 Å². The van der Waals surface area contributed by atoms with Crippen LogP contribution < -0.4 is 5.32 Å². The number of carbonyl (C=O) groups is 1. The van der Waals surface area contributed by atoms with Crippen LogP contribution in [-0.2, 0) is 11.3 Å². The summed E-state index contributed by atoms with van der Waals surface area (Å²) < 4.78 is 9.67. The van der Waals surface area contributed by atoms with Crippen LogP contribution in [0.15, 0.2) is 46.3 Å². The number of thiophene rings is 1. The van der Waals surface area contributed by atoms with Gasteiger partial charge in [-0.3, -0.25) is 9.69 Å². The van der Waals surface area contributed by atoms with E-state index in [1.807, 2.05) is 24.3 Å². The minimum Gasteiger partial charge on any atom is -0.379 e. The Labute approximate surface area is 171 Å². The summed E-state index contributed by atoms with van der Waals surface area (Å²) in [4.78, 5) is 15.2. The minimum absolute atomic E-state index is 0.0151. The summed E-state index contributed by atoms with van der Waals surface area (Å²) in [6.07, 6.45) is 0. The van der Waals surface area contributed by atoms with Crippen molar-refractivity contribution in [2.24, 2.45) is 0 Å². The zero-order valence-corrected chi connectivity index (χ0v) is 17.4. The van der Waals surface area contributed by atoms with Gasteiger partial charge < -0.3 is 14.6 Å².